The molecule has 0 heterocycles. The molecule has 1 amide bonds. The summed E-state index contributed by atoms with van der Waals surface area (Å²) in [6.45, 7) is 3.95. The first-order valence-corrected chi connectivity index (χ1v) is 9.72. The Hall–Kier alpha value is -2.85. The summed E-state index contributed by atoms with van der Waals surface area (Å²) in [6.07, 6.45) is 0. The van der Waals surface area contributed by atoms with Gasteiger partial charge in [0.25, 0.3) is 5.91 Å². The van der Waals surface area contributed by atoms with Gasteiger partial charge in [0.1, 0.15) is 0 Å². The smallest absolute Gasteiger partial charge is 0.255 e. The normalized spacial score (nSPS) is 10.4. The Morgan fingerprint density at radius 1 is 0.815 bits per heavy atom. The third-order valence-electron chi connectivity index (χ3n) is 4.28. The number of para-hydroxylation sites is 1. The van der Waals surface area contributed by atoms with Crippen molar-refractivity contribution in [2.24, 2.45) is 0 Å². The lowest BCUT2D eigenvalue weighted by molar-refractivity contribution is 0.101. The Balaban J connectivity index is 1.68. The fourth-order valence-electron chi connectivity index (χ4n) is 2.78. The van der Waals surface area contributed by atoms with Crippen LogP contribution < -0.4 is 5.32 Å². The Labute approximate surface area is 163 Å². The van der Waals surface area contributed by atoms with Crippen LogP contribution in [-0.2, 0) is 0 Å². The zero-order valence-corrected chi connectivity index (χ0v) is 16.2. The molecule has 0 saturated heterocycles. The standard InChI is InChI=1S/C23H21NO2S/c1-16-8-6-9-17(2)22(16)24-23(26)19-12-7-13-20(14-19)27-15-21(25)18-10-4-3-5-11-18/h3-14H,15H2,1-2H3,(H,24,26). The van der Waals surface area contributed by atoms with Gasteiger partial charge in [-0.3, -0.25) is 9.59 Å². The highest BCUT2D eigenvalue weighted by molar-refractivity contribution is 8.00. The summed E-state index contributed by atoms with van der Waals surface area (Å²) < 4.78 is 0. The van der Waals surface area contributed by atoms with Crippen LogP contribution in [0.1, 0.15) is 31.8 Å². The first-order chi connectivity index (χ1) is 13.0. The first-order valence-electron chi connectivity index (χ1n) is 8.73. The average Bonchev–Trinajstić information content (AvgIpc) is 2.70. The number of carbonyl (C=O) groups is 2. The maximum Gasteiger partial charge on any atom is 0.255 e. The molecule has 4 heteroatoms. The Kier molecular flexibility index (Phi) is 6.09. The summed E-state index contributed by atoms with van der Waals surface area (Å²) in [5, 5.41) is 3.00. The largest absolute Gasteiger partial charge is 0.322 e. The molecule has 136 valence electrons. The van der Waals surface area contributed by atoms with Gasteiger partial charge in [-0.15, -0.1) is 11.8 Å². The fraction of sp³-hybridized carbons (Fsp3) is 0.130. The minimum atomic E-state index is -0.149. The van der Waals surface area contributed by atoms with Gasteiger partial charge in [-0.25, -0.2) is 0 Å². The SMILES string of the molecule is Cc1cccc(C)c1NC(=O)c1cccc(SCC(=O)c2ccccc2)c1. The van der Waals surface area contributed by atoms with E-state index in [0.29, 0.717) is 16.9 Å². The molecule has 0 fully saturated rings. The van der Waals surface area contributed by atoms with E-state index in [9.17, 15) is 9.59 Å². The second-order valence-corrected chi connectivity index (χ2v) is 7.38. The van der Waals surface area contributed by atoms with Gasteiger partial charge in [0.2, 0.25) is 0 Å². The van der Waals surface area contributed by atoms with Crippen molar-refractivity contribution in [1.29, 1.82) is 0 Å². The number of nitrogens with one attached hydrogen (secondary N) is 1. The van der Waals surface area contributed by atoms with Crippen molar-refractivity contribution in [1.82, 2.24) is 0 Å². The van der Waals surface area contributed by atoms with Crippen LogP contribution in [0.15, 0.2) is 77.7 Å². The van der Waals surface area contributed by atoms with Crippen LogP contribution in [0.4, 0.5) is 5.69 Å². The maximum absolute atomic E-state index is 12.6. The molecule has 3 aromatic rings. The highest BCUT2D eigenvalue weighted by Crippen LogP contribution is 2.23. The minimum absolute atomic E-state index is 0.0750. The number of hydrogen-bond acceptors (Lipinski definition) is 3. The van der Waals surface area contributed by atoms with Crippen molar-refractivity contribution in [3.05, 3.63) is 95.1 Å². The summed E-state index contributed by atoms with van der Waals surface area (Å²) in [4.78, 5) is 25.8. The van der Waals surface area contributed by atoms with Crippen molar-refractivity contribution >= 4 is 29.1 Å². The second kappa shape index (κ2) is 8.69. The first kappa shape index (κ1) is 18.9. The van der Waals surface area contributed by atoms with Crippen molar-refractivity contribution in [3.63, 3.8) is 0 Å². The van der Waals surface area contributed by atoms with E-state index in [2.05, 4.69) is 5.32 Å². The minimum Gasteiger partial charge on any atom is -0.322 e. The van der Waals surface area contributed by atoms with Crippen LogP contribution >= 0.6 is 11.8 Å². The summed E-state index contributed by atoms with van der Waals surface area (Å²) >= 11 is 1.44. The molecule has 0 unspecified atom stereocenters. The van der Waals surface area contributed by atoms with Gasteiger partial charge in [0.05, 0.1) is 5.75 Å². The van der Waals surface area contributed by atoms with E-state index in [1.54, 1.807) is 6.07 Å². The fourth-order valence-corrected chi connectivity index (χ4v) is 3.63. The molecule has 1 N–H and O–H groups in total. The number of amides is 1. The molecule has 3 aromatic carbocycles. The van der Waals surface area contributed by atoms with E-state index < -0.39 is 0 Å². The van der Waals surface area contributed by atoms with E-state index in [0.717, 1.165) is 21.7 Å². The van der Waals surface area contributed by atoms with Crippen LogP contribution in [0.2, 0.25) is 0 Å². The quantitative estimate of drug-likeness (QED) is 0.455. The van der Waals surface area contributed by atoms with E-state index >= 15 is 0 Å². The lowest BCUT2D eigenvalue weighted by Crippen LogP contribution is -2.13. The predicted molar refractivity (Wildman–Crippen MR) is 112 cm³/mol. The topological polar surface area (TPSA) is 46.2 Å². The average molecular weight is 375 g/mol. The van der Waals surface area contributed by atoms with Crippen molar-refractivity contribution in [2.75, 3.05) is 11.1 Å². The van der Waals surface area contributed by atoms with E-state index in [1.807, 2.05) is 80.6 Å². The highest BCUT2D eigenvalue weighted by atomic mass is 32.2. The summed E-state index contributed by atoms with van der Waals surface area (Å²) in [7, 11) is 0. The Morgan fingerprint density at radius 3 is 2.15 bits per heavy atom. The number of Topliss-reactive ketones (excluding diaryl/α,β-unsaturated/α-hetero) is 1. The molecule has 3 rings (SSSR count). The third-order valence-corrected chi connectivity index (χ3v) is 5.28. The molecular formula is C23H21NO2S. The molecule has 0 aliphatic carbocycles. The number of carbonyl (C=O) groups excluding carboxylic acids is 2. The van der Waals surface area contributed by atoms with Crippen molar-refractivity contribution in [2.45, 2.75) is 18.7 Å². The summed E-state index contributed by atoms with van der Waals surface area (Å²) in [6, 6.07) is 22.5. The van der Waals surface area contributed by atoms with E-state index in [-0.39, 0.29) is 11.7 Å². The number of aryl methyl sites for hydroxylation is 2. The molecule has 0 aromatic heterocycles. The van der Waals surface area contributed by atoms with Gasteiger partial charge in [-0.2, -0.15) is 0 Å². The summed E-state index contributed by atoms with van der Waals surface area (Å²) in [5.74, 6) is 0.265. The molecule has 0 aliphatic rings. The number of thioether (sulfide) groups is 1. The molecular weight excluding hydrogens is 354 g/mol. The van der Waals surface area contributed by atoms with Gasteiger partial charge >= 0.3 is 0 Å². The zero-order valence-electron chi connectivity index (χ0n) is 15.4. The second-order valence-electron chi connectivity index (χ2n) is 6.33. The van der Waals surface area contributed by atoms with Crippen LogP contribution in [0.25, 0.3) is 0 Å². The molecule has 0 radical (unpaired) electrons. The van der Waals surface area contributed by atoms with Gasteiger partial charge in [-0.1, -0.05) is 54.6 Å². The van der Waals surface area contributed by atoms with Crippen LogP contribution in [-0.4, -0.2) is 17.4 Å². The van der Waals surface area contributed by atoms with Gasteiger partial charge in [0.15, 0.2) is 5.78 Å². The van der Waals surface area contributed by atoms with Crippen molar-refractivity contribution in [3.8, 4) is 0 Å². The van der Waals surface area contributed by atoms with Crippen LogP contribution in [0, 0.1) is 13.8 Å². The lowest BCUT2D eigenvalue weighted by atomic mass is 10.1. The number of benzene rings is 3. The highest BCUT2D eigenvalue weighted by Gasteiger charge is 2.11. The molecule has 0 saturated carbocycles. The molecule has 0 aliphatic heterocycles. The zero-order chi connectivity index (χ0) is 19.2. The maximum atomic E-state index is 12.6. The third kappa shape index (κ3) is 4.86. The van der Waals surface area contributed by atoms with E-state index in [4.69, 9.17) is 0 Å². The molecule has 0 bridgehead atoms. The predicted octanol–water partition coefficient (Wildman–Crippen LogP) is 5.53. The number of anilines is 1. The molecule has 27 heavy (non-hydrogen) atoms. The van der Waals surface area contributed by atoms with Gasteiger partial charge < -0.3 is 5.32 Å². The number of ketones is 1. The number of hydrogen-bond donors (Lipinski definition) is 1. The van der Waals surface area contributed by atoms with Gasteiger partial charge in [-0.05, 0) is 43.2 Å². The monoisotopic (exact) mass is 375 g/mol. The van der Waals surface area contributed by atoms with Crippen LogP contribution in [0.5, 0.6) is 0 Å². The Bertz CT molecular complexity index is 947. The Morgan fingerprint density at radius 2 is 1.44 bits per heavy atom. The number of rotatable bonds is 6. The molecule has 3 nitrogen and oxygen atoms in total. The van der Waals surface area contributed by atoms with Crippen molar-refractivity contribution < 1.29 is 9.59 Å². The van der Waals surface area contributed by atoms with Crippen LogP contribution in [0.3, 0.4) is 0 Å². The van der Waals surface area contributed by atoms with Gasteiger partial charge in [0, 0.05) is 21.7 Å². The summed E-state index contributed by atoms with van der Waals surface area (Å²) in [5.41, 5.74) is 4.19. The molecule has 0 spiro atoms. The molecule has 0 atom stereocenters. The van der Waals surface area contributed by atoms with E-state index in [1.165, 1.54) is 11.8 Å². The lowest BCUT2D eigenvalue weighted by Gasteiger charge is -2.12.